The lowest BCUT2D eigenvalue weighted by molar-refractivity contribution is 0.102. The minimum Gasteiger partial charge on any atom is -0.298 e. The predicted octanol–water partition coefficient (Wildman–Crippen LogP) is 5.34. The monoisotopic (exact) mass is 372 g/mol. The van der Waals surface area contributed by atoms with Gasteiger partial charge in [-0.15, -0.1) is 23.5 Å². The molecule has 0 aliphatic carbocycles. The first-order chi connectivity index (χ1) is 11.7. The van der Waals surface area contributed by atoms with Crippen molar-refractivity contribution < 1.29 is 4.79 Å². The van der Waals surface area contributed by atoms with E-state index in [2.05, 4.69) is 22.4 Å². The van der Waals surface area contributed by atoms with E-state index < -0.39 is 0 Å². The highest BCUT2D eigenvalue weighted by Gasteiger charge is 2.18. The quantitative estimate of drug-likeness (QED) is 0.674. The van der Waals surface area contributed by atoms with Crippen LogP contribution in [0.2, 0.25) is 0 Å². The van der Waals surface area contributed by atoms with Gasteiger partial charge in [-0.2, -0.15) is 0 Å². The minimum absolute atomic E-state index is 0.106. The average Bonchev–Trinajstić information content (AvgIpc) is 3.25. The lowest BCUT2D eigenvalue weighted by Crippen LogP contribution is -2.11. The second-order valence-corrected chi connectivity index (χ2v) is 9.35. The van der Waals surface area contributed by atoms with Crippen molar-refractivity contribution in [1.29, 1.82) is 0 Å². The summed E-state index contributed by atoms with van der Waals surface area (Å²) in [7, 11) is 0. The Labute approximate surface area is 153 Å². The van der Waals surface area contributed by atoms with Crippen molar-refractivity contribution in [1.82, 2.24) is 4.98 Å². The number of fused-ring (bicyclic) bond motifs is 1. The molecule has 3 aromatic rings. The first kappa shape index (κ1) is 16.0. The number of carbonyl (C=O) groups is 1. The number of hydrogen-bond donors (Lipinski definition) is 1. The summed E-state index contributed by atoms with van der Waals surface area (Å²) in [4.78, 5) is 17.0. The Morgan fingerprint density at radius 1 is 1.12 bits per heavy atom. The highest BCUT2D eigenvalue weighted by molar-refractivity contribution is 8.19. The van der Waals surface area contributed by atoms with Gasteiger partial charge in [0.1, 0.15) is 0 Å². The first-order valence-corrected chi connectivity index (χ1v) is 10.6. The molecule has 0 atom stereocenters. The summed E-state index contributed by atoms with van der Waals surface area (Å²) in [6.07, 6.45) is 0. The van der Waals surface area contributed by atoms with Crippen LogP contribution >= 0.6 is 34.9 Å². The predicted molar refractivity (Wildman–Crippen MR) is 106 cm³/mol. The van der Waals surface area contributed by atoms with E-state index >= 15 is 0 Å². The topological polar surface area (TPSA) is 42.0 Å². The van der Waals surface area contributed by atoms with Crippen LogP contribution in [-0.4, -0.2) is 22.4 Å². The van der Waals surface area contributed by atoms with E-state index in [0.29, 0.717) is 15.3 Å². The largest absolute Gasteiger partial charge is 0.298 e. The molecule has 6 heteroatoms. The molecule has 24 heavy (non-hydrogen) atoms. The van der Waals surface area contributed by atoms with Crippen molar-refractivity contribution in [2.45, 2.75) is 11.5 Å². The summed E-state index contributed by atoms with van der Waals surface area (Å²) in [6.45, 7) is 2.03. The van der Waals surface area contributed by atoms with Crippen LogP contribution in [0.15, 0.2) is 42.5 Å². The number of benzene rings is 2. The van der Waals surface area contributed by atoms with Crippen LogP contribution in [-0.2, 0) is 0 Å². The normalized spacial score (nSPS) is 15.0. The van der Waals surface area contributed by atoms with Crippen LogP contribution in [0.1, 0.15) is 26.1 Å². The van der Waals surface area contributed by atoms with E-state index in [-0.39, 0.29) is 5.91 Å². The van der Waals surface area contributed by atoms with Crippen LogP contribution in [0.3, 0.4) is 0 Å². The van der Waals surface area contributed by atoms with Crippen molar-refractivity contribution in [3.05, 3.63) is 59.2 Å². The number of aryl methyl sites for hydroxylation is 1. The second kappa shape index (κ2) is 6.78. The summed E-state index contributed by atoms with van der Waals surface area (Å²) in [5.41, 5.74) is 4.04. The number of amides is 1. The summed E-state index contributed by atoms with van der Waals surface area (Å²) < 4.78 is 1.60. The van der Waals surface area contributed by atoms with Gasteiger partial charge in [-0.1, -0.05) is 35.6 Å². The smallest absolute Gasteiger partial charge is 0.257 e. The fourth-order valence-corrected chi connectivity index (χ4v) is 6.45. The Hall–Kier alpha value is -1.50. The highest BCUT2D eigenvalue weighted by Crippen LogP contribution is 2.45. The Morgan fingerprint density at radius 2 is 1.88 bits per heavy atom. The molecule has 0 spiro atoms. The lowest BCUT2D eigenvalue weighted by atomic mass is 10.1. The average molecular weight is 373 g/mol. The van der Waals surface area contributed by atoms with Crippen LogP contribution in [0.4, 0.5) is 5.13 Å². The number of carbonyl (C=O) groups excluding carboxylic acids is 1. The molecular formula is C18H16N2OS3. The second-order valence-electron chi connectivity index (χ2n) is 5.59. The number of thioether (sulfide) groups is 2. The molecule has 122 valence electrons. The third-order valence-electron chi connectivity index (χ3n) is 3.91. The molecule has 1 N–H and O–H groups in total. The summed E-state index contributed by atoms with van der Waals surface area (Å²) >= 11 is 5.45. The molecule has 3 nitrogen and oxygen atoms in total. The van der Waals surface area contributed by atoms with Crippen LogP contribution in [0.5, 0.6) is 0 Å². The van der Waals surface area contributed by atoms with Gasteiger partial charge in [0.2, 0.25) is 0 Å². The molecule has 1 saturated heterocycles. The maximum atomic E-state index is 12.5. The number of rotatable bonds is 3. The number of para-hydroxylation sites is 1. The fraction of sp³-hybridized carbons (Fsp3) is 0.222. The zero-order chi connectivity index (χ0) is 16.5. The van der Waals surface area contributed by atoms with Gasteiger partial charge in [0.05, 0.1) is 14.8 Å². The van der Waals surface area contributed by atoms with E-state index in [4.69, 9.17) is 0 Å². The minimum atomic E-state index is -0.106. The number of nitrogens with one attached hydrogen (secondary N) is 1. The van der Waals surface area contributed by atoms with Crippen LogP contribution < -0.4 is 5.32 Å². The molecule has 1 fully saturated rings. The Kier molecular flexibility index (Phi) is 4.52. The number of nitrogens with zero attached hydrogens (tertiary/aromatic N) is 1. The zero-order valence-electron chi connectivity index (χ0n) is 13.1. The summed E-state index contributed by atoms with van der Waals surface area (Å²) in [6, 6.07) is 14.0. The third kappa shape index (κ3) is 3.18. The lowest BCUT2D eigenvalue weighted by Gasteiger charge is -2.09. The molecule has 2 heterocycles. The molecule has 1 amide bonds. The van der Waals surface area contributed by atoms with Gasteiger partial charge in [0.25, 0.3) is 5.91 Å². The molecule has 4 rings (SSSR count). The number of anilines is 1. The Bertz CT molecular complexity index is 883. The van der Waals surface area contributed by atoms with Crippen molar-refractivity contribution in [3.63, 3.8) is 0 Å². The van der Waals surface area contributed by atoms with Gasteiger partial charge in [0, 0.05) is 17.1 Å². The van der Waals surface area contributed by atoms with Gasteiger partial charge in [-0.25, -0.2) is 4.98 Å². The SMILES string of the molecule is Cc1cccc2sc(NC(=O)c3ccc(C4SCCS4)cc3)nc12. The molecule has 1 aliphatic rings. The van der Waals surface area contributed by atoms with Gasteiger partial charge in [0.15, 0.2) is 5.13 Å². The molecule has 0 bridgehead atoms. The van der Waals surface area contributed by atoms with Gasteiger partial charge < -0.3 is 0 Å². The number of hydrogen-bond acceptors (Lipinski definition) is 5. The van der Waals surface area contributed by atoms with Crippen molar-refractivity contribution in [2.24, 2.45) is 0 Å². The summed E-state index contributed by atoms with van der Waals surface area (Å²) in [5.74, 6) is 2.30. The van der Waals surface area contributed by atoms with E-state index in [1.54, 1.807) is 0 Å². The van der Waals surface area contributed by atoms with Gasteiger partial charge >= 0.3 is 0 Å². The molecular weight excluding hydrogens is 356 g/mol. The zero-order valence-corrected chi connectivity index (χ0v) is 15.6. The van der Waals surface area contributed by atoms with Crippen molar-refractivity contribution in [3.8, 4) is 0 Å². The van der Waals surface area contributed by atoms with Crippen LogP contribution in [0, 0.1) is 6.92 Å². The molecule has 0 radical (unpaired) electrons. The Balaban J connectivity index is 1.51. The Morgan fingerprint density at radius 3 is 2.58 bits per heavy atom. The van der Waals surface area contributed by atoms with Gasteiger partial charge in [-0.3, -0.25) is 10.1 Å². The number of thiazole rings is 1. The van der Waals surface area contributed by atoms with E-state index in [1.165, 1.54) is 28.4 Å². The third-order valence-corrected chi connectivity index (χ3v) is 7.95. The molecule has 1 aliphatic heterocycles. The van der Waals surface area contributed by atoms with Gasteiger partial charge in [-0.05, 0) is 36.2 Å². The highest BCUT2D eigenvalue weighted by atomic mass is 32.2. The summed E-state index contributed by atoms with van der Waals surface area (Å²) in [5, 5.41) is 3.57. The molecule has 1 aromatic heterocycles. The van der Waals surface area contributed by atoms with Crippen LogP contribution in [0.25, 0.3) is 10.2 Å². The standard InChI is InChI=1S/C18H16N2OS3/c1-11-3-2-4-14-15(11)19-18(24-14)20-16(21)12-5-7-13(8-6-12)17-22-9-10-23-17/h2-8,17H,9-10H2,1H3,(H,19,20,21). The van der Waals surface area contributed by atoms with E-state index in [9.17, 15) is 4.79 Å². The van der Waals surface area contributed by atoms with E-state index in [0.717, 1.165) is 15.8 Å². The first-order valence-electron chi connectivity index (χ1n) is 7.71. The molecule has 0 saturated carbocycles. The van der Waals surface area contributed by atoms with Crippen molar-refractivity contribution >= 4 is 56.1 Å². The molecule has 0 unspecified atom stereocenters. The van der Waals surface area contributed by atoms with Crippen molar-refractivity contribution in [2.75, 3.05) is 16.8 Å². The maximum absolute atomic E-state index is 12.5. The molecule has 2 aromatic carbocycles. The maximum Gasteiger partial charge on any atom is 0.257 e. The number of aromatic nitrogens is 1. The fourth-order valence-electron chi connectivity index (χ4n) is 2.65. The van der Waals surface area contributed by atoms with E-state index in [1.807, 2.05) is 60.8 Å².